The molecule has 1 saturated carbocycles. The molecule has 2 fully saturated rings. The van der Waals surface area contributed by atoms with Gasteiger partial charge in [-0.15, -0.1) is 0 Å². The van der Waals surface area contributed by atoms with Gasteiger partial charge in [0.05, 0.1) is 13.0 Å². The quantitative estimate of drug-likeness (QED) is 0.770. The summed E-state index contributed by atoms with van der Waals surface area (Å²) in [7, 11) is 1.46. The maximum Gasteiger partial charge on any atom is 0.309 e. The van der Waals surface area contributed by atoms with Crippen molar-refractivity contribution in [3.05, 3.63) is 0 Å². The van der Waals surface area contributed by atoms with Gasteiger partial charge in [-0.3, -0.25) is 9.69 Å². The number of nitrogens with two attached hydrogens (primary N) is 1. The van der Waals surface area contributed by atoms with E-state index < -0.39 is 0 Å². The van der Waals surface area contributed by atoms with Gasteiger partial charge < -0.3 is 10.5 Å². The predicted octanol–water partition coefficient (Wildman–Crippen LogP) is 1.24. The number of hydrogen-bond acceptors (Lipinski definition) is 4. The molecular formula is C14H26N2O2. The molecule has 1 aliphatic carbocycles. The number of fused-ring (bicyclic) bond motifs is 1. The molecule has 4 heteroatoms. The molecule has 0 bridgehead atoms. The van der Waals surface area contributed by atoms with Gasteiger partial charge in [-0.2, -0.15) is 0 Å². The number of carbonyl (C=O) groups is 1. The molecule has 1 saturated heterocycles. The first kappa shape index (κ1) is 13.8. The average molecular weight is 254 g/mol. The Labute approximate surface area is 110 Å². The van der Waals surface area contributed by atoms with Crippen molar-refractivity contribution in [1.82, 2.24) is 4.90 Å². The van der Waals surface area contributed by atoms with Crippen molar-refractivity contribution in [3.8, 4) is 0 Å². The maximum atomic E-state index is 11.6. The van der Waals surface area contributed by atoms with Crippen LogP contribution < -0.4 is 5.73 Å². The lowest BCUT2D eigenvalue weighted by Crippen LogP contribution is -2.41. The van der Waals surface area contributed by atoms with Crippen LogP contribution in [0.4, 0.5) is 0 Å². The van der Waals surface area contributed by atoms with E-state index >= 15 is 0 Å². The molecule has 2 aliphatic rings. The second-order valence-electron chi connectivity index (χ2n) is 6.03. The van der Waals surface area contributed by atoms with Crippen LogP contribution >= 0.6 is 0 Å². The van der Waals surface area contributed by atoms with E-state index in [9.17, 15) is 4.79 Å². The average Bonchev–Trinajstić information content (AvgIpc) is 2.81. The zero-order chi connectivity index (χ0) is 13.3. The van der Waals surface area contributed by atoms with Gasteiger partial charge in [0.25, 0.3) is 0 Å². The Morgan fingerprint density at radius 1 is 1.33 bits per heavy atom. The monoisotopic (exact) mass is 254 g/mol. The molecule has 5 unspecified atom stereocenters. The number of methoxy groups -OCH3 is 1. The SMILES string of the molecule is COC(=O)C(C)C(C)N1CC2CCCC(N)C2C1. The smallest absolute Gasteiger partial charge is 0.309 e. The standard InChI is InChI=1S/C14H26N2O2/c1-9(14(17)18-3)10(2)16-7-11-5-4-6-13(15)12(11)8-16/h9-13H,4-8,15H2,1-3H3. The fourth-order valence-corrected chi connectivity index (χ4v) is 3.58. The van der Waals surface area contributed by atoms with E-state index in [1.165, 1.54) is 20.0 Å². The highest BCUT2D eigenvalue weighted by Gasteiger charge is 2.41. The van der Waals surface area contributed by atoms with Crippen molar-refractivity contribution < 1.29 is 9.53 Å². The summed E-state index contributed by atoms with van der Waals surface area (Å²) in [5.74, 6) is 1.19. The fourth-order valence-electron chi connectivity index (χ4n) is 3.58. The molecule has 0 amide bonds. The summed E-state index contributed by atoms with van der Waals surface area (Å²) in [6, 6.07) is 0.602. The number of nitrogens with zero attached hydrogens (tertiary/aromatic N) is 1. The first-order chi connectivity index (χ1) is 8.54. The molecule has 0 aromatic heterocycles. The highest BCUT2D eigenvalue weighted by atomic mass is 16.5. The lowest BCUT2D eigenvalue weighted by Gasteiger charge is -2.30. The van der Waals surface area contributed by atoms with Gasteiger partial charge in [0.1, 0.15) is 0 Å². The van der Waals surface area contributed by atoms with Crippen LogP contribution in [-0.2, 0) is 9.53 Å². The van der Waals surface area contributed by atoms with E-state index in [0.29, 0.717) is 12.0 Å². The van der Waals surface area contributed by atoms with Crippen molar-refractivity contribution in [2.24, 2.45) is 23.5 Å². The van der Waals surface area contributed by atoms with Crippen molar-refractivity contribution in [2.45, 2.75) is 45.2 Å². The number of likely N-dealkylation sites (tertiary alicyclic amines) is 1. The van der Waals surface area contributed by atoms with E-state index in [1.54, 1.807) is 0 Å². The number of hydrogen-bond donors (Lipinski definition) is 1. The maximum absolute atomic E-state index is 11.6. The Morgan fingerprint density at radius 3 is 2.67 bits per heavy atom. The first-order valence-electron chi connectivity index (χ1n) is 7.12. The zero-order valence-electron chi connectivity index (χ0n) is 11.8. The molecule has 0 aromatic carbocycles. The van der Waals surface area contributed by atoms with Crippen molar-refractivity contribution in [3.63, 3.8) is 0 Å². The van der Waals surface area contributed by atoms with Gasteiger partial charge in [0.15, 0.2) is 0 Å². The Kier molecular flexibility index (Phi) is 4.28. The molecule has 1 aliphatic heterocycles. The molecule has 4 nitrogen and oxygen atoms in total. The number of rotatable bonds is 3. The third-order valence-corrected chi connectivity index (χ3v) is 5.05. The van der Waals surface area contributed by atoms with Crippen LogP contribution in [0.3, 0.4) is 0 Å². The van der Waals surface area contributed by atoms with E-state index in [-0.39, 0.29) is 17.9 Å². The Hall–Kier alpha value is -0.610. The van der Waals surface area contributed by atoms with Gasteiger partial charge in [-0.25, -0.2) is 0 Å². The summed E-state index contributed by atoms with van der Waals surface area (Å²) in [4.78, 5) is 14.0. The normalized spacial score (nSPS) is 35.9. The summed E-state index contributed by atoms with van der Waals surface area (Å²) < 4.78 is 4.84. The minimum Gasteiger partial charge on any atom is -0.469 e. The van der Waals surface area contributed by atoms with E-state index in [2.05, 4.69) is 11.8 Å². The molecule has 18 heavy (non-hydrogen) atoms. The van der Waals surface area contributed by atoms with Gasteiger partial charge in [-0.05, 0) is 31.6 Å². The van der Waals surface area contributed by atoms with Crippen LogP contribution in [-0.4, -0.2) is 43.2 Å². The van der Waals surface area contributed by atoms with Crippen molar-refractivity contribution >= 4 is 5.97 Å². The second-order valence-corrected chi connectivity index (χ2v) is 6.03. The van der Waals surface area contributed by atoms with Gasteiger partial charge in [0, 0.05) is 25.2 Å². The molecule has 104 valence electrons. The zero-order valence-corrected chi connectivity index (χ0v) is 11.8. The largest absolute Gasteiger partial charge is 0.469 e. The number of ether oxygens (including phenoxy) is 1. The third kappa shape index (κ3) is 2.54. The predicted molar refractivity (Wildman–Crippen MR) is 71.0 cm³/mol. The molecule has 2 rings (SSSR count). The highest BCUT2D eigenvalue weighted by Crippen LogP contribution is 2.37. The van der Waals surface area contributed by atoms with E-state index in [0.717, 1.165) is 25.4 Å². The highest BCUT2D eigenvalue weighted by molar-refractivity contribution is 5.72. The lowest BCUT2D eigenvalue weighted by molar-refractivity contribution is -0.146. The Bertz CT molecular complexity index is 308. The molecule has 0 radical (unpaired) electrons. The summed E-state index contributed by atoms with van der Waals surface area (Å²) in [5.41, 5.74) is 6.23. The van der Waals surface area contributed by atoms with Crippen LogP contribution in [0.15, 0.2) is 0 Å². The molecule has 1 heterocycles. The summed E-state index contributed by atoms with van der Waals surface area (Å²) >= 11 is 0. The van der Waals surface area contributed by atoms with Gasteiger partial charge >= 0.3 is 5.97 Å². The molecule has 5 atom stereocenters. The number of esters is 1. The summed E-state index contributed by atoms with van der Waals surface area (Å²) in [5, 5.41) is 0. The van der Waals surface area contributed by atoms with E-state index in [1.807, 2.05) is 6.92 Å². The van der Waals surface area contributed by atoms with Crippen LogP contribution in [0.2, 0.25) is 0 Å². The minimum absolute atomic E-state index is 0.0635. The molecular weight excluding hydrogens is 228 g/mol. The third-order valence-electron chi connectivity index (χ3n) is 5.05. The minimum atomic E-state index is -0.110. The molecule has 0 aromatic rings. The van der Waals surface area contributed by atoms with Crippen LogP contribution in [0.1, 0.15) is 33.1 Å². The summed E-state index contributed by atoms with van der Waals surface area (Å²) in [6.45, 7) is 6.23. The number of carbonyl (C=O) groups excluding carboxylic acids is 1. The van der Waals surface area contributed by atoms with Gasteiger partial charge in [-0.1, -0.05) is 13.3 Å². The molecule has 2 N–H and O–H groups in total. The lowest BCUT2D eigenvalue weighted by atomic mass is 9.78. The first-order valence-corrected chi connectivity index (χ1v) is 7.12. The van der Waals surface area contributed by atoms with Crippen molar-refractivity contribution in [2.75, 3.05) is 20.2 Å². The second kappa shape index (κ2) is 5.57. The fraction of sp³-hybridized carbons (Fsp3) is 0.929. The van der Waals surface area contributed by atoms with Crippen LogP contribution in [0.5, 0.6) is 0 Å². The Morgan fingerprint density at radius 2 is 2.06 bits per heavy atom. The topological polar surface area (TPSA) is 55.6 Å². The van der Waals surface area contributed by atoms with Crippen LogP contribution in [0.25, 0.3) is 0 Å². The molecule has 0 spiro atoms. The Balaban J connectivity index is 1.97. The summed E-state index contributed by atoms with van der Waals surface area (Å²) in [6.07, 6.45) is 3.72. The van der Waals surface area contributed by atoms with Gasteiger partial charge in [0.2, 0.25) is 0 Å². The van der Waals surface area contributed by atoms with Crippen LogP contribution in [0, 0.1) is 17.8 Å². The van der Waals surface area contributed by atoms with Crippen molar-refractivity contribution in [1.29, 1.82) is 0 Å². The van der Waals surface area contributed by atoms with E-state index in [4.69, 9.17) is 10.5 Å².